The second-order valence-electron chi connectivity index (χ2n) is 7.15. The van der Waals surface area contributed by atoms with E-state index >= 15 is 0 Å². The van der Waals surface area contributed by atoms with Gasteiger partial charge in [-0.2, -0.15) is 0 Å². The average Bonchev–Trinajstić information content (AvgIpc) is 3.32. The second-order valence-corrected chi connectivity index (χ2v) is 8.81. The molecule has 0 amide bonds. The predicted octanol–water partition coefficient (Wildman–Crippen LogP) is 1.99. The van der Waals surface area contributed by atoms with Crippen LogP contribution in [-0.2, 0) is 16.6 Å². The third-order valence-electron chi connectivity index (χ3n) is 5.51. The number of fused-ring (bicyclic) bond motifs is 2. The van der Waals surface area contributed by atoms with E-state index in [9.17, 15) is 8.42 Å². The highest BCUT2D eigenvalue weighted by atomic mass is 32.2. The summed E-state index contributed by atoms with van der Waals surface area (Å²) in [4.78, 5) is 6.60. The van der Waals surface area contributed by atoms with Crippen molar-refractivity contribution in [2.75, 3.05) is 12.9 Å². The lowest BCUT2D eigenvalue weighted by Crippen LogP contribution is -2.45. The molecule has 0 radical (unpaired) electrons. The van der Waals surface area contributed by atoms with Gasteiger partial charge >= 0.3 is 0 Å². The summed E-state index contributed by atoms with van der Waals surface area (Å²) in [5.41, 5.74) is 0.895. The molecular formula is C18H23N3O4S. The molecule has 0 unspecified atom stereocenters. The van der Waals surface area contributed by atoms with Gasteiger partial charge in [0, 0.05) is 17.6 Å². The molecule has 3 atom stereocenters. The van der Waals surface area contributed by atoms with Crippen LogP contribution in [0.4, 0.5) is 0 Å². The van der Waals surface area contributed by atoms with E-state index in [2.05, 4.69) is 9.88 Å². The lowest BCUT2D eigenvalue weighted by atomic mass is 10.0. The molecule has 1 aliphatic heterocycles. The van der Waals surface area contributed by atoms with Crippen LogP contribution in [0.15, 0.2) is 34.9 Å². The Morgan fingerprint density at radius 2 is 2.23 bits per heavy atom. The molecule has 140 valence electrons. The molecule has 2 heterocycles. The van der Waals surface area contributed by atoms with Gasteiger partial charge in [0.2, 0.25) is 15.9 Å². The van der Waals surface area contributed by atoms with Crippen LogP contribution in [0.3, 0.4) is 0 Å². The highest BCUT2D eigenvalue weighted by Gasteiger charge is 2.47. The molecule has 2 N–H and O–H groups in total. The lowest BCUT2D eigenvalue weighted by molar-refractivity contribution is 0.131. The van der Waals surface area contributed by atoms with Gasteiger partial charge in [0.05, 0.1) is 25.6 Å². The van der Waals surface area contributed by atoms with Crippen LogP contribution in [0, 0.1) is 5.92 Å². The highest BCUT2D eigenvalue weighted by Crippen LogP contribution is 2.43. The zero-order valence-electron chi connectivity index (χ0n) is 14.7. The SMILES string of the molecule is COc1cccc(-c2cnc(CN3[C@@H]4CC[C@@H](C4)[C@H]3CS(N)(=O)=O)o2)c1. The lowest BCUT2D eigenvalue weighted by Gasteiger charge is -2.33. The third-order valence-corrected chi connectivity index (χ3v) is 6.32. The van der Waals surface area contributed by atoms with E-state index in [1.54, 1.807) is 13.3 Å². The van der Waals surface area contributed by atoms with Gasteiger partial charge in [-0.3, -0.25) is 4.90 Å². The van der Waals surface area contributed by atoms with E-state index in [-0.39, 0.29) is 11.8 Å². The molecule has 26 heavy (non-hydrogen) atoms. The number of sulfonamides is 1. The quantitative estimate of drug-likeness (QED) is 0.827. The zero-order valence-corrected chi connectivity index (χ0v) is 15.5. The Hall–Kier alpha value is -1.90. The molecule has 2 aliphatic rings. The molecule has 8 heteroatoms. The van der Waals surface area contributed by atoms with E-state index in [1.807, 2.05) is 24.3 Å². The fourth-order valence-corrected chi connectivity index (χ4v) is 5.29. The topological polar surface area (TPSA) is 98.7 Å². The Kier molecular flexibility index (Phi) is 4.50. The molecule has 7 nitrogen and oxygen atoms in total. The second kappa shape index (κ2) is 6.68. The third kappa shape index (κ3) is 3.49. The van der Waals surface area contributed by atoms with Crippen LogP contribution in [0.25, 0.3) is 11.3 Å². The summed E-state index contributed by atoms with van der Waals surface area (Å²) in [5, 5.41) is 5.30. The minimum atomic E-state index is -3.51. The first kappa shape index (κ1) is 17.5. The molecule has 1 saturated heterocycles. The molecule has 1 saturated carbocycles. The molecular weight excluding hydrogens is 354 g/mol. The van der Waals surface area contributed by atoms with Gasteiger partial charge in [0.15, 0.2) is 5.76 Å². The van der Waals surface area contributed by atoms with E-state index in [4.69, 9.17) is 14.3 Å². The number of primary sulfonamides is 1. The van der Waals surface area contributed by atoms with Crippen molar-refractivity contribution in [3.8, 4) is 17.1 Å². The number of ether oxygens (including phenoxy) is 1. The van der Waals surface area contributed by atoms with E-state index in [0.717, 1.165) is 30.6 Å². The fraction of sp³-hybridized carbons (Fsp3) is 0.500. The number of hydrogen-bond donors (Lipinski definition) is 1. The van der Waals surface area contributed by atoms with Crippen molar-refractivity contribution in [1.82, 2.24) is 9.88 Å². The Labute approximate surface area is 153 Å². The number of likely N-dealkylation sites (tertiary alicyclic amines) is 1. The van der Waals surface area contributed by atoms with Gasteiger partial charge in [-0.05, 0) is 37.3 Å². The van der Waals surface area contributed by atoms with Crippen LogP contribution in [0.2, 0.25) is 0 Å². The maximum atomic E-state index is 11.6. The van der Waals surface area contributed by atoms with Crippen molar-refractivity contribution in [1.29, 1.82) is 0 Å². The van der Waals surface area contributed by atoms with Crippen LogP contribution in [-0.4, -0.2) is 43.2 Å². The maximum absolute atomic E-state index is 11.6. The summed E-state index contributed by atoms with van der Waals surface area (Å²) in [6, 6.07) is 7.95. The van der Waals surface area contributed by atoms with Gasteiger partial charge in [-0.25, -0.2) is 18.5 Å². The first-order chi connectivity index (χ1) is 12.4. The maximum Gasteiger partial charge on any atom is 0.210 e. The van der Waals surface area contributed by atoms with Crippen molar-refractivity contribution < 1.29 is 17.6 Å². The molecule has 2 aromatic rings. The number of methoxy groups -OCH3 is 1. The number of rotatable bonds is 6. The van der Waals surface area contributed by atoms with E-state index in [0.29, 0.717) is 30.2 Å². The minimum absolute atomic E-state index is 0.00236. The van der Waals surface area contributed by atoms with Gasteiger partial charge in [0.1, 0.15) is 5.75 Å². The van der Waals surface area contributed by atoms with E-state index in [1.165, 1.54) is 0 Å². The van der Waals surface area contributed by atoms with Crippen molar-refractivity contribution in [2.24, 2.45) is 11.1 Å². The number of aromatic nitrogens is 1. The van der Waals surface area contributed by atoms with Gasteiger partial charge in [-0.1, -0.05) is 12.1 Å². The molecule has 0 spiro atoms. The Bertz CT molecular complexity index is 895. The average molecular weight is 377 g/mol. The number of piperidine rings is 1. The van der Waals surface area contributed by atoms with Gasteiger partial charge in [0.25, 0.3) is 0 Å². The highest BCUT2D eigenvalue weighted by molar-refractivity contribution is 7.89. The fourth-order valence-electron chi connectivity index (χ4n) is 4.35. The minimum Gasteiger partial charge on any atom is -0.497 e. The smallest absolute Gasteiger partial charge is 0.210 e. The number of oxazole rings is 1. The number of nitrogens with two attached hydrogens (primary N) is 1. The molecule has 2 bridgehead atoms. The molecule has 1 aliphatic carbocycles. The van der Waals surface area contributed by atoms with Gasteiger partial charge in [-0.15, -0.1) is 0 Å². The largest absolute Gasteiger partial charge is 0.497 e. The van der Waals surface area contributed by atoms with Gasteiger partial charge < -0.3 is 9.15 Å². The van der Waals surface area contributed by atoms with Crippen LogP contribution in [0.5, 0.6) is 5.75 Å². The van der Waals surface area contributed by atoms with Crippen molar-refractivity contribution in [3.05, 3.63) is 36.4 Å². The van der Waals surface area contributed by atoms with Crippen molar-refractivity contribution in [2.45, 2.75) is 37.9 Å². The van der Waals surface area contributed by atoms with Crippen LogP contribution in [0.1, 0.15) is 25.2 Å². The Balaban J connectivity index is 1.53. The molecule has 1 aromatic heterocycles. The zero-order chi connectivity index (χ0) is 18.3. The number of nitrogens with zero attached hydrogens (tertiary/aromatic N) is 2. The summed E-state index contributed by atoms with van der Waals surface area (Å²) in [6.45, 7) is 0.505. The summed E-state index contributed by atoms with van der Waals surface area (Å²) >= 11 is 0. The summed E-state index contributed by atoms with van der Waals surface area (Å²) in [6.07, 6.45) is 4.90. The Morgan fingerprint density at radius 3 is 3.00 bits per heavy atom. The molecule has 2 fully saturated rings. The first-order valence-electron chi connectivity index (χ1n) is 8.78. The standard InChI is InChI=1S/C18H23N3O4S/c1-24-15-4-2-3-13(8-15)17-9-20-18(25-17)10-21-14-6-5-12(7-14)16(21)11-26(19,22)23/h2-4,8-9,12,14,16H,5-7,10-11H2,1H3,(H2,19,22,23)/t12-,14+,16+/m0/s1. The van der Waals surface area contributed by atoms with Crippen LogP contribution >= 0.6 is 0 Å². The summed E-state index contributed by atoms with van der Waals surface area (Å²) in [5.74, 6) is 2.41. The molecule has 1 aromatic carbocycles. The summed E-state index contributed by atoms with van der Waals surface area (Å²) in [7, 11) is -1.88. The summed E-state index contributed by atoms with van der Waals surface area (Å²) < 4.78 is 34.4. The number of hydrogen-bond acceptors (Lipinski definition) is 6. The number of benzene rings is 1. The normalized spacial score (nSPS) is 25.7. The molecule has 4 rings (SSSR count). The Morgan fingerprint density at radius 1 is 1.38 bits per heavy atom. The predicted molar refractivity (Wildman–Crippen MR) is 96.9 cm³/mol. The van der Waals surface area contributed by atoms with Crippen molar-refractivity contribution in [3.63, 3.8) is 0 Å². The van der Waals surface area contributed by atoms with E-state index < -0.39 is 10.0 Å². The van der Waals surface area contributed by atoms with Crippen LogP contribution < -0.4 is 9.88 Å². The first-order valence-corrected chi connectivity index (χ1v) is 10.5. The monoisotopic (exact) mass is 377 g/mol. The van der Waals surface area contributed by atoms with Crippen molar-refractivity contribution >= 4 is 10.0 Å².